The summed E-state index contributed by atoms with van der Waals surface area (Å²) in [7, 11) is 0. The van der Waals surface area contributed by atoms with Crippen molar-refractivity contribution in [2.45, 2.75) is 0 Å². The van der Waals surface area contributed by atoms with Crippen LogP contribution in [-0.4, -0.2) is 29.7 Å². The number of hydrogen-bond donors (Lipinski definition) is 3. The van der Waals surface area contributed by atoms with Crippen molar-refractivity contribution in [1.29, 1.82) is 0 Å². The molecule has 0 aliphatic carbocycles. The lowest BCUT2D eigenvalue weighted by atomic mass is 10.1. The molecule has 4 aromatic carbocycles. The van der Waals surface area contributed by atoms with Crippen LogP contribution in [0.15, 0.2) is 90.0 Å². The number of anilines is 1. The van der Waals surface area contributed by atoms with Crippen molar-refractivity contribution < 1.29 is 23.8 Å². The van der Waals surface area contributed by atoms with E-state index in [9.17, 15) is 19.1 Å². The molecule has 7 nitrogen and oxygen atoms in total. The van der Waals surface area contributed by atoms with E-state index >= 15 is 0 Å². The molecule has 4 aromatic rings. The fourth-order valence-corrected chi connectivity index (χ4v) is 3.22. The summed E-state index contributed by atoms with van der Waals surface area (Å²) in [4.78, 5) is 24.6. The maximum Gasteiger partial charge on any atom is 0.275 e. The van der Waals surface area contributed by atoms with E-state index in [1.54, 1.807) is 30.3 Å². The van der Waals surface area contributed by atoms with Gasteiger partial charge in [-0.2, -0.15) is 5.10 Å². The van der Waals surface area contributed by atoms with Gasteiger partial charge in [-0.3, -0.25) is 9.59 Å². The number of aromatic hydroxyl groups is 1. The smallest absolute Gasteiger partial charge is 0.275 e. The number of carbonyl (C=O) groups is 2. The normalized spacial score (nSPS) is 10.9. The standard InChI is InChI=1S/C26H20FN3O4/c27-20-9-11-21(12-10-20)29-25(32)16-34-24-8-4-3-7-19(24)15-28-30-26(33)22-13-17-5-1-2-6-18(17)14-23(22)31/h1-15,31H,16H2,(H,29,32)(H,30,33). The van der Waals surface area contributed by atoms with Gasteiger partial charge in [-0.15, -0.1) is 0 Å². The number of amides is 2. The van der Waals surface area contributed by atoms with Crippen molar-refractivity contribution >= 4 is 34.5 Å². The predicted octanol–water partition coefficient (Wildman–Crippen LogP) is 4.47. The average Bonchev–Trinajstić information content (AvgIpc) is 2.84. The number of ether oxygens (including phenoxy) is 1. The molecule has 0 fully saturated rings. The van der Waals surface area contributed by atoms with Gasteiger partial charge in [-0.25, -0.2) is 9.82 Å². The third-order valence-electron chi connectivity index (χ3n) is 4.88. The second kappa shape index (κ2) is 10.3. The zero-order valence-corrected chi connectivity index (χ0v) is 17.9. The highest BCUT2D eigenvalue weighted by atomic mass is 19.1. The third kappa shape index (κ3) is 5.55. The summed E-state index contributed by atoms with van der Waals surface area (Å²) in [6.07, 6.45) is 1.38. The van der Waals surface area contributed by atoms with Crippen molar-refractivity contribution in [2.24, 2.45) is 5.10 Å². The van der Waals surface area contributed by atoms with E-state index < -0.39 is 17.6 Å². The summed E-state index contributed by atoms with van der Waals surface area (Å²) in [6.45, 7) is -0.278. The summed E-state index contributed by atoms with van der Waals surface area (Å²) in [5.74, 6) is -1.16. The molecule has 3 N–H and O–H groups in total. The van der Waals surface area contributed by atoms with Gasteiger partial charge in [0.2, 0.25) is 0 Å². The van der Waals surface area contributed by atoms with Crippen LogP contribution in [0, 0.1) is 5.82 Å². The quantitative estimate of drug-likeness (QED) is 0.282. The highest BCUT2D eigenvalue weighted by molar-refractivity contribution is 6.01. The van der Waals surface area contributed by atoms with E-state index in [1.165, 1.54) is 36.5 Å². The van der Waals surface area contributed by atoms with Crippen molar-refractivity contribution in [3.8, 4) is 11.5 Å². The fourth-order valence-electron chi connectivity index (χ4n) is 3.22. The molecular formula is C26H20FN3O4. The van der Waals surface area contributed by atoms with Gasteiger partial charge in [0.15, 0.2) is 6.61 Å². The maximum absolute atomic E-state index is 13.0. The molecule has 4 rings (SSSR count). The number of halogens is 1. The Morgan fingerprint density at radius 1 is 0.941 bits per heavy atom. The summed E-state index contributed by atoms with van der Waals surface area (Å²) in [5, 5.41) is 18.4. The molecule has 0 aromatic heterocycles. The minimum Gasteiger partial charge on any atom is -0.507 e. The van der Waals surface area contributed by atoms with E-state index in [0.29, 0.717) is 17.0 Å². The minimum absolute atomic E-state index is 0.0952. The molecule has 0 atom stereocenters. The lowest BCUT2D eigenvalue weighted by Crippen LogP contribution is -2.20. The van der Waals surface area contributed by atoms with Crippen molar-refractivity contribution in [2.75, 3.05) is 11.9 Å². The summed E-state index contributed by atoms with van der Waals surface area (Å²) >= 11 is 0. The molecule has 0 aliphatic heterocycles. The van der Waals surface area contributed by atoms with Crippen molar-refractivity contribution in [3.05, 3.63) is 102 Å². The highest BCUT2D eigenvalue weighted by Gasteiger charge is 2.12. The van der Waals surface area contributed by atoms with E-state index in [4.69, 9.17) is 4.74 Å². The van der Waals surface area contributed by atoms with Crippen LogP contribution < -0.4 is 15.5 Å². The van der Waals surface area contributed by atoms with Gasteiger partial charge < -0.3 is 15.2 Å². The number of rotatable bonds is 7. The van der Waals surface area contributed by atoms with Gasteiger partial charge in [-0.1, -0.05) is 36.4 Å². The molecule has 0 saturated heterocycles. The Kier molecular flexibility index (Phi) is 6.78. The van der Waals surface area contributed by atoms with Gasteiger partial charge in [0.05, 0.1) is 11.8 Å². The van der Waals surface area contributed by atoms with E-state index in [2.05, 4.69) is 15.8 Å². The molecule has 2 amide bonds. The number of para-hydroxylation sites is 1. The first-order valence-corrected chi connectivity index (χ1v) is 10.3. The largest absolute Gasteiger partial charge is 0.507 e. The van der Waals surface area contributed by atoms with Crippen molar-refractivity contribution in [3.63, 3.8) is 0 Å². The van der Waals surface area contributed by atoms with Crippen LogP contribution in [0.5, 0.6) is 11.5 Å². The van der Waals surface area contributed by atoms with Gasteiger partial charge in [-0.05, 0) is 59.3 Å². The van der Waals surface area contributed by atoms with Gasteiger partial charge in [0.25, 0.3) is 11.8 Å². The molecule has 0 heterocycles. The molecule has 0 spiro atoms. The second-order valence-electron chi connectivity index (χ2n) is 7.30. The molecule has 0 bridgehead atoms. The number of nitrogens with one attached hydrogen (secondary N) is 2. The van der Waals surface area contributed by atoms with Gasteiger partial charge >= 0.3 is 0 Å². The summed E-state index contributed by atoms with van der Waals surface area (Å²) in [6, 6.07) is 22.7. The van der Waals surface area contributed by atoms with E-state index in [-0.39, 0.29) is 17.9 Å². The molecule has 0 unspecified atom stereocenters. The number of phenols is 1. The van der Waals surface area contributed by atoms with Crippen LogP contribution in [-0.2, 0) is 4.79 Å². The Hall–Kier alpha value is -4.72. The van der Waals surface area contributed by atoms with Gasteiger partial charge in [0, 0.05) is 11.3 Å². The van der Waals surface area contributed by atoms with Crippen LogP contribution >= 0.6 is 0 Å². The first-order chi connectivity index (χ1) is 16.5. The maximum atomic E-state index is 13.0. The predicted molar refractivity (Wildman–Crippen MR) is 128 cm³/mol. The van der Waals surface area contributed by atoms with E-state index in [1.807, 2.05) is 24.3 Å². The molecule has 8 heteroatoms. The molecule has 170 valence electrons. The number of nitrogens with zero attached hydrogens (tertiary/aromatic N) is 1. The molecule has 34 heavy (non-hydrogen) atoms. The Bertz CT molecular complexity index is 1370. The Morgan fingerprint density at radius 3 is 2.38 bits per heavy atom. The Labute approximate surface area is 194 Å². The number of phenolic OH excluding ortho intramolecular Hbond substituents is 1. The first kappa shape index (κ1) is 22.5. The minimum atomic E-state index is -0.573. The molecule has 0 saturated carbocycles. The number of benzene rings is 4. The first-order valence-electron chi connectivity index (χ1n) is 10.3. The number of carbonyl (C=O) groups excluding carboxylic acids is 2. The zero-order valence-electron chi connectivity index (χ0n) is 17.9. The fraction of sp³-hybridized carbons (Fsp3) is 0.0385. The lowest BCUT2D eigenvalue weighted by molar-refractivity contribution is -0.118. The topological polar surface area (TPSA) is 100 Å². The Morgan fingerprint density at radius 2 is 1.62 bits per heavy atom. The van der Waals surface area contributed by atoms with Crippen LogP contribution in [0.1, 0.15) is 15.9 Å². The van der Waals surface area contributed by atoms with Crippen molar-refractivity contribution in [1.82, 2.24) is 5.43 Å². The van der Waals surface area contributed by atoms with Crippen LogP contribution in [0.2, 0.25) is 0 Å². The monoisotopic (exact) mass is 457 g/mol. The summed E-state index contributed by atoms with van der Waals surface area (Å²) in [5.41, 5.74) is 3.46. The van der Waals surface area contributed by atoms with Gasteiger partial charge in [0.1, 0.15) is 17.3 Å². The zero-order chi connectivity index (χ0) is 23.9. The van der Waals surface area contributed by atoms with E-state index in [0.717, 1.165) is 10.8 Å². The van der Waals surface area contributed by atoms with Crippen LogP contribution in [0.25, 0.3) is 10.8 Å². The number of hydrazone groups is 1. The second-order valence-corrected chi connectivity index (χ2v) is 7.30. The lowest BCUT2D eigenvalue weighted by Gasteiger charge is -2.10. The SMILES string of the molecule is O=C(COc1ccccc1C=NNC(=O)c1cc2ccccc2cc1O)Nc1ccc(F)cc1. The highest BCUT2D eigenvalue weighted by Crippen LogP contribution is 2.25. The molecule has 0 radical (unpaired) electrons. The summed E-state index contributed by atoms with van der Waals surface area (Å²) < 4.78 is 18.6. The average molecular weight is 457 g/mol. The number of fused-ring (bicyclic) bond motifs is 1. The molecular weight excluding hydrogens is 437 g/mol. The third-order valence-corrected chi connectivity index (χ3v) is 4.88. The Balaban J connectivity index is 1.38. The van der Waals surface area contributed by atoms with Crippen LogP contribution in [0.4, 0.5) is 10.1 Å². The molecule has 0 aliphatic rings. The number of hydrogen-bond acceptors (Lipinski definition) is 5. The van der Waals surface area contributed by atoms with Crippen LogP contribution in [0.3, 0.4) is 0 Å².